The van der Waals surface area contributed by atoms with Crippen LogP contribution >= 0.6 is 0 Å². The first-order valence-corrected chi connectivity index (χ1v) is 9.48. The van der Waals surface area contributed by atoms with Crippen LogP contribution in [0.4, 0.5) is 8.78 Å². The fourth-order valence-corrected chi connectivity index (χ4v) is 2.95. The first kappa shape index (κ1) is 22.6. The first-order valence-electron chi connectivity index (χ1n) is 9.48. The Morgan fingerprint density at radius 3 is 2.45 bits per heavy atom. The van der Waals surface area contributed by atoms with Crippen LogP contribution in [0.15, 0.2) is 41.7 Å². The smallest absolute Gasteiger partial charge is 0.387 e. The second kappa shape index (κ2) is 10.8. The number of hydrogen-bond acceptors (Lipinski definition) is 4. The SMILES string of the molecule is CCNC(=NCC(c1cnn(C)c1)N(C)C)N(C)Cc1ccc(OC(F)F)cc1. The Kier molecular flexibility index (Phi) is 8.38. The Morgan fingerprint density at radius 2 is 1.93 bits per heavy atom. The van der Waals surface area contributed by atoms with Crippen LogP contribution in [-0.4, -0.2) is 66.4 Å². The molecule has 0 fully saturated rings. The molecule has 9 heteroatoms. The molecule has 0 bridgehead atoms. The average Bonchev–Trinajstić information content (AvgIpc) is 3.08. The van der Waals surface area contributed by atoms with E-state index in [-0.39, 0.29) is 11.8 Å². The molecule has 1 heterocycles. The summed E-state index contributed by atoms with van der Waals surface area (Å²) < 4.78 is 30.8. The zero-order valence-corrected chi connectivity index (χ0v) is 17.6. The van der Waals surface area contributed by atoms with Crippen LogP contribution in [0.3, 0.4) is 0 Å². The Morgan fingerprint density at radius 1 is 1.24 bits per heavy atom. The van der Waals surface area contributed by atoms with Gasteiger partial charge in [0.2, 0.25) is 0 Å². The van der Waals surface area contributed by atoms with Gasteiger partial charge in [0.15, 0.2) is 5.96 Å². The van der Waals surface area contributed by atoms with Crippen molar-refractivity contribution in [1.29, 1.82) is 0 Å². The van der Waals surface area contributed by atoms with E-state index >= 15 is 0 Å². The van der Waals surface area contributed by atoms with E-state index in [0.29, 0.717) is 13.1 Å². The second-order valence-electron chi connectivity index (χ2n) is 7.00. The Hall–Kier alpha value is -2.68. The maximum absolute atomic E-state index is 12.3. The maximum atomic E-state index is 12.3. The summed E-state index contributed by atoms with van der Waals surface area (Å²) in [4.78, 5) is 8.92. The number of halogens is 2. The van der Waals surface area contributed by atoms with Crippen LogP contribution < -0.4 is 10.1 Å². The summed E-state index contributed by atoms with van der Waals surface area (Å²) in [7, 11) is 7.88. The number of hydrogen-bond donors (Lipinski definition) is 1. The molecule has 1 N–H and O–H groups in total. The van der Waals surface area contributed by atoms with Crippen molar-refractivity contribution >= 4 is 5.96 Å². The van der Waals surface area contributed by atoms with Crippen molar-refractivity contribution in [3.63, 3.8) is 0 Å². The van der Waals surface area contributed by atoms with Crippen LogP contribution in [0.2, 0.25) is 0 Å². The molecule has 0 saturated heterocycles. The Bertz CT molecular complexity index is 776. The van der Waals surface area contributed by atoms with Crippen molar-refractivity contribution in [2.24, 2.45) is 12.0 Å². The molecule has 2 rings (SSSR count). The molecule has 0 radical (unpaired) electrons. The predicted molar refractivity (Wildman–Crippen MR) is 110 cm³/mol. The van der Waals surface area contributed by atoms with E-state index in [2.05, 4.69) is 20.1 Å². The first-order chi connectivity index (χ1) is 13.8. The van der Waals surface area contributed by atoms with Gasteiger partial charge in [0, 0.05) is 38.9 Å². The molecule has 160 valence electrons. The standard InChI is InChI=1S/C20H30F2N6O/c1-6-23-20(24-12-18(26(2)3)16-11-25-28(5)14-16)27(4)13-15-7-9-17(10-8-15)29-19(21)22/h7-11,14,18-19H,6,12-13H2,1-5H3,(H,23,24). The monoisotopic (exact) mass is 408 g/mol. The highest BCUT2D eigenvalue weighted by molar-refractivity contribution is 5.79. The van der Waals surface area contributed by atoms with Crippen LogP contribution in [0.25, 0.3) is 0 Å². The number of nitrogens with one attached hydrogen (secondary N) is 1. The molecular formula is C20H30F2N6O. The molecule has 1 aromatic carbocycles. The highest BCUT2D eigenvalue weighted by Crippen LogP contribution is 2.18. The lowest BCUT2D eigenvalue weighted by Crippen LogP contribution is -2.39. The number of likely N-dealkylation sites (N-methyl/N-ethyl adjacent to an activating group) is 1. The zero-order chi connectivity index (χ0) is 21.4. The van der Waals surface area contributed by atoms with Crippen molar-refractivity contribution in [2.45, 2.75) is 26.1 Å². The third-order valence-electron chi connectivity index (χ3n) is 4.41. The minimum Gasteiger partial charge on any atom is -0.435 e. The molecule has 1 atom stereocenters. The van der Waals surface area contributed by atoms with Gasteiger partial charge in [-0.25, -0.2) is 0 Å². The predicted octanol–water partition coefficient (Wildman–Crippen LogP) is 2.72. The summed E-state index contributed by atoms with van der Waals surface area (Å²) in [6.45, 7) is 1.10. The molecule has 0 aliphatic carbocycles. The van der Waals surface area contributed by atoms with Crippen molar-refractivity contribution in [3.8, 4) is 5.75 Å². The number of aliphatic imine (C=N–C) groups is 1. The number of alkyl halides is 2. The van der Waals surface area contributed by atoms with E-state index in [0.717, 1.165) is 23.6 Å². The quantitative estimate of drug-likeness (QED) is 0.511. The number of nitrogens with zero attached hydrogens (tertiary/aromatic N) is 5. The van der Waals surface area contributed by atoms with Gasteiger partial charge in [-0.2, -0.15) is 13.9 Å². The lowest BCUT2D eigenvalue weighted by atomic mass is 10.1. The molecule has 1 unspecified atom stereocenters. The van der Waals surface area contributed by atoms with Gasteiger partial charge < -0.3 is 19.9 Å². The molecule has 29 heavy (non-hydrogen) atoms. The normalized spacial score (nSPS) is 13.1. The number of benzene rings is 1. The second-order valence-corrected chi connectivity index (χ2v) is 7.00. The van der Waals surface area contributed by atoms with Crippen LogP contribution in [0, 0.1) is 0 Å². The minimum atomic E-state index is -2.82. The van der Waals surface area contributed by atoms with Gasteiger partial charge in [0.25, 0.3) is 0 Å². The van der Waals surface area contributed by atoms with Crippen molar-refractivity contribution < 1.29 is 13.5 Å². The van der Waals surface area contributed by atoms with Crippen LogP contribution in [-0.2, 0) is 13.6 Å². The van der Waals surface area contributed by atoms with Gasteiger partial charge in [0.1, 0.15) is 5.75 Å². The molecule has 7 nitrogen and oxygen atoms in total. The topological polar surface area (TPSA) is 57.9 Å². The third kappa shape index (κ3) is 7.01. The molecule has 0 aliphatic heterocycles. The van der Waals surface area contributed by atoms with Gasteiger partial charge in [-0.1, -0.05) is 12.1 Å². The van der Waals surface area contributed by atoms with E-state index < -0.39 is 6.61 Å². The fraction of sp³-hybridized carbons (Fsp3) is 0.500. The summed E-state index contributed by atoms with van der Waals surface area (Å²) in [6, 6.07) is 6.75. The number of aromatic nitrogens is 2. The van der Waals surface area contributed by atoms with Crippen molar-refractivity contribution in [3.05, 3.63) is 47.8 Å². The van der Waals surface area contributed by atoms with Crippen molar-refractivity contribution in [1.82, 2.24) is 24.9 Å². The molecule has 0 amide bonds. The van der Waals surface area contributed by atoms with Crippen molar-refractivity contribution in [2.75, 3.05) is 34.2 Å². The summed E-state index contributed by atoms with van der Waals surface area (Å²) in [6.07, 6.45) is 3.86. The fourth-order valence-electron chi connectivity index (χ4n) is 2.95. The molecule has 0 saturated carbocycles. The van der Waals surface area contributed by atoms with E-state index in [1.807, 2.05) is 52.4 Å². The molecular weight excluding hydrogens is 378 g/mol. The lowest BCUT2D eigenvalue weighted by molar-refractivity contribution is -0.0498. The van der Waals surface area contributed by atoms with E-state index in [1.165, 1.54) is 0 Å². The molecule has 0 aliphatic rings. The lowest BCUT2D eigenvalue weighted by Gasteiger charge is -2.25. The van der Waals surface area contributed by atoms with Crippen LogP contribution in [0.5, 0.6) is 5.75 Å². The Labute approximate surface area is 171 Å². The average molecular weight is 408 g/mol. The Balaban J connectivity index is 2.08. The number of ether oxygens (including phenoxy) is 1. The summed E-state index contributed by atoms with van der Waals surface area (Å²) in [5.41, 5.74) is 2.07. The molecule has 0 spiro atoms. The number of guanidine groups is 1. The summed E-state index contributed by atoms with van der Waals surface area (Å²) in [5.74, 6) is 0.924. The maximum Gasteiger partial charge on any atom is 0.387 e. The zero-order valence-electron chi connectivity index (χ0n) is 17.6. The van der Waals surface area contributed by atoms with Gasteiger partial charge in [0.05, 0.1) is 18.8 Å². The number of rotatable bonds is 9. The van der Waals surface area contributed by atoms with E-state index in [9.17, 15) is 8.78 Å². The molecule has 1 aromatic heterocycles. The highest BCUT2D eigenvalue weighted by Gasteiger charge is 2.16. The van der Waals surface area contributed by atoms with Gasteiger partial charge in [-0.15, -0.1) is 0 Å². The largest absolute Gasteiger partial charge is 0.435 e. The van der Waals surface area contributed by atoms with Gasteiger partial charge >= 0.3 is 6.61 Å². The van der Waals surface area contributed by atoms with Gasteiger partial charge in [-0.05, 0) is 38.7 Å². The van der Waals surface area contributed by atoms with E-state index in [4.69, 9.17) is 4.99 Å². The number of aryl methyl sites for hydroxylation is 1. The van der Waals surface area contributed by atoms with Crippen LogP contribution in [0.1, 0.15) is 24.1 Å². The molecule has 2 aromatic rings. The minimum absolute atomic E-state index is 0.108. The summed E-state index contributed by atoms with van der Waals surface area (Å²) >= 11 is 0. The third-order valence-corrected chi connectivity index (χ3v) is 4.41. The highest BCUT2D eigenvalue weighted by atomic mass is 19.3. The van der Waals surface area contributed by atoms with E-state index in [1.54, 1.807) is 28.9 Å². The summed E-state index contributed by atoms with van der Waals surface area (Å²) in [5, 5.41) is 7.56. The van der Waals surface area contributed by atoms with Gasteiger partial charge in [-0.3, -0.25) is 9.67 Å².